The fourth-order valence-electron chi connectivity index (χ4n) is 8.58. The van der Waals surface area contributed by atoms with Crippen molar-refractivity contribution in [3.63, 3.8) is 0 Å². The molecule has 1 aromatic heterocycles. The lowest BCUT2D eigenvalue weighted by Crippen LogP contribution is -2.56. The molecule has 6 rings (SSSR count). The van der Waals surface area contributed by atoms with Gasteiger partial charge in [-0.3, -0.25) is 28.5 Å². The van der Waals surface area contributed by atoms with Gasteiger partial charge in [-0.2, -0.15) is 8.78 Å². The Balaban J connectivity index is 1.15. The van der Waals surface area contributed by atoms with E-state index in [1.165, 1.54) is 12.1 Å². The van der Waals surface area contributed by atoms with Gasteiger partial charge in [-0.25, -0.2) is 6.57 Å². The van der Waals surface area contributed by atoms with Crippen LogP contribution in [-0.2, 0) is 38.5 Å². The zero-order valence-corrected chi connectivity index (χ0v) is 40.0. The van der Waals surface area contributed by atoms with E-state index < -0.39 is 56.1 Å². The molecule has 3 aliphatic rings. The van der Waals surface area contributed by atoms with Crippen LogP contribution in [0.5, 0.6) is 0 Å². The van der Waals surface area contributed by atoms with E-state index in [1.807, 2.05) is 58.0 Å². The van der Waals surface area contributed by atoms with Crippen LogP contribution in [0.15, 0.2) is 54.6 Å². The van der Waals surface area contributed by atoms with Crippen LogP contribution < -0.4 is 5.32 Å². The summed E-state index contributed by atoms with van der Waals surface area (Å²) in [6.45, 7) is 15.1. The summed E-state index contributed by atoms with van der Waals surface area (Å²) in [4.78, 5) is 74.3. The van der Waals surface area contributed by atoms with E-state index in [4.69, 9.17) is 15.6 Å². The molecule has 1 unspecified atom stereocenters. The molecule has 18 heteroatoms. The minimum absolute atomic E-state index is 0.0190. The summed E-state index contributed by atoms with van der Waals surface area (Å²) in [5.41, 5.74) is -3.82. The van der Waals surface area contributed by atoms with Gasteiger partial charge in [0.15, 0.2) is 10.2 Å². The number of nitrogens with one attached hydrogen (secondary N) is 1. The zero-order chi connectivity index (χ0) is 46.2. The summed E-state index contributed by atoms with van der Waals surface area (Å²) in [5, 5.41) is 2.88. The number of hydrogen-bond donors (Lipinski definition) is 1. The van der Waals surface area contributed by atoms with Crippen LogP contribution in [0.2, 0.25) is 0 Å². The number of rotatable bonds is 18. The second-order valence-corrected chi connectivity index (χ2v) is 22.9. The number of likely N-dealkylation sites (tertiary alicyclic amines) is 1. The number of halogens is 2. The highest BCUT2D eigenvalue weighted by Crippen LogP contribution is 2.67. The monoisotopic (exact) mass is 958 g/mol. The van der Waals surface area contributed by atoms with Crippen LogP contribution in [0.4, 0.5) is 8.78 Å². The number of hydrogen-bond acceptors (Lipinski definition) is 11. The minimum Gasteiger partial charge on any atom is -0.340 e. The third-order valence-electron chi connectivity index (χ3n) is 11.7. The number of carbonyl (C=O) groups is 5. The fraction of sp³-hybridized carbons (Fsp3) is 0.565. The number of alkyl halides is 2. The Hall–Kier alpha value is -3.65. The summed E-state index contributed by atoms with van der Waals surface area (Å²) in [7, 11) is -5.24. The van der Waals surface area contributed by atoms with Crippen molar-refractivity contribution in [3.8, 4) is 0 Å². The number of thioether (sulfide) groups is 2. The minimum atomic E-state index is -5.24. The molecule has 4 heterocycles. The molecule has 0 radical (unpaired) electrons. The molecular weight excluding hydrogens is 902 g/mol. The second kappa shape index (κ2) is 22.2. The number of fused-ring (bicyclic) bond motifs is 2. The van der Waals surface area contributed by atoms with Crippen LogP contribution in [0.3, 0.4) is 0 Å². The topological polar surface area (TPSA) is 144 Å². The van der Waals surface area contributed by atoms with E-state index in [-0.39, 0.29) is 87.0 Å². The maximum absolute atomic E-state index is 16.4. The molecule has 1 N–H and O–H groups in total. The first-order valence-electron chi connectivity index (χ1n) is 22.0. The molecule has 0 aliphatic carbocycles. The lowest BCUT2D eigenvalue weighted by molar-refractivity contribution is -0.146. The predicted octanol–water partition coefficient (Wildman–Crippen LogP) is 9.73. The smallest absolute Gasteiger partial charge is 0.340 e. The third-order valence-corrected chi connectivity index (χ3v) is 16.5. The van der Waals surface area contributed by atoms with E-state index in [9.17, 15) is 28.5 Å². The summed E-state index contributed by atoms with van der Waals surface area (Å²) in [5.74, 6) is -1.04. The first-order chi connectivity index (χ1) is 30.5. The van der Waals surface area contributed by atoms with Crippen molar-refractivity contribution in [3.05, 3.63) is 82.0 Å². The summed E-state index contributed by atoms with van der Waals surface area (Å²) >= 11 is 2.86. The van der Waals surface area contributed by atoms with Gasteiger partial charge in [0.05, 0.1) is 30.6 Å². The average Bonchev–Trinajstić information content (AvgIpc) is 4.01. The summed E-state index contributed by atoms with van der Waals surface area (Å²) in [6.07, 6.45) is 4.32. The Morgan fingerprint density at radius 1 is 0.906 bits per heavy atom. The van der Waals surface area contributed by atoms with Crippen molar-refractivity contribution in [1.82, 2.24) is 15.1 Å². The molecule has 346 valence electrons. The lowest BCUT2D eigenvalue weighted by atomic mass is 9.95. The Labute approximate surface area is 386 Å². The number of benzene rings is 2. The Morgan fingerprint density at radius 2 is 1.55 bits per heavy atom. The van der Waals surface area contributed by atoms with Gasteiger partial charge >= 0.3 is 13.3 Å². The molecule has 2 aromatic carbocycles. The van der Waals surface area contributed by atoms with Gasteiger partial charge in [0.1, 0.15) is 12.1 Å². The van der Waals surface area contributed by atoms with E-state index in [0.29, 0.717) is 36.9 Å². The van der Waals surface area contributed by atoms with Crippen LogP contribution in [-0.4, -0.2) is 99.7 Å². The molecule has 5 atom stereocenters. The molecule has 3 saturated heterocycles. The van der Waals surface area contributed by atoms with Gasteiger partial charge in [-0.1, -0.05) is 100 Å². The Kier molecular flexibility index (Phi) is 17.3. The van der Waals surface area contributed by atoms with Crippen LogP contribution in [0.25, 0.3) is 14.9 Å². The van der Waals surface area contributed by atoms with Gasteiger partial charge < -0.3 is 29.0 Å². The van der Waals surface area contributed by atoms with Gasteiger partial charge in [0.25, 0.3) is 5.91 Å². The van der Waals surface area contributed by atoms with Crippen LogP contribution in [0, 0.1) is 18.4 Å². The van der Waals surface area contributed by atoms with Crippen molar-refractivity contribution >= 4 is 80.5 Å². The second-order valence-electron chi connectivity index (χ2n) is 17.5. The molecule has 0 saturated carbocycles. The van der Waals surface area contributed by atoms with Crippen LogP contribution in [0.1, 0.15) is 106 Å². The number of carbonyl (C=O) groups excluding carboxylic acids is 5. The SMILES string of the molecule is [C-]#[N+][C@H]1CN(C(=O)[C@@H]2CCC3CCCC[C@H](NC(=O)c4cc5cc(C(F)(F)P(=O)(OCCSC(=O)CC(C)C)OCCSC(=O)CC(C)C)ccc5s4)C(=O)N32)C[C@@H]1c1ccccc1. The molecule has 12 nitrogen and oxygen atoms in total. The van der Waals surface area contributed by atoms with Crippen molar-refractivity contribution in [1.29, 1.82) is 0 Å². The number of amides is 3. The summed E-state index contributed by atoms with van der Waals surface area (Å²) < 4.78 is 58.1. The molecule has 64 heavy (non-hydrogen) atoms. The zero-order valence-electron chi connectivity index (χ0n) is 36.7. The maximum atomic E-state index is 16.4. The number of nitrogens with zero attached hydrogens (tertiary/aromatic N) is 3. The highest BCUT2D eigenvalue weighted by molar-refractivity contribution is 8.13. The summed E-state index contributed by atoms with van der Waals surface area (Å²) in [6, 6.07) is 12.6. The quantitative estimate of drug-likeness (QED) is 0.0744. The van der Waals surface area contributed by atoms with Crippen molar-refractivity contribution < 1.29 is 46.4 Å². The van der Waals surface area contributed by atoms with Gasteiger partial charge in [0.2, 0.25) is 17.9 Å². The van der Waals surface area contributed by atoms with E-state index in [1.54, 1.807) is 9.80 Å². The van der Waals surface area contributed by atoms with E-state index in [2.05, 4.69) is 10.2 Å². The van der Waals surface area contributed by atoms with Gasteiger partial charge in [-0.15, -0.1) is 11.3 Å². The molecular formula is C46H57F2N4O8PS3. The Bertz CT molecular complexity index is 2220. The largest absolute Gasteiger partial charge is 0.404 e. The average molecular weight is 959 g/mol. The van der Waals surface area contributed by atoms with E-state index in [0.717, 1.165) is 65.4 Å². The van der Waals surface area contributed by atoms with Gasteiger partial charge in [0, 0.05) is 47.2 Å². The highest BCUT2D eigenvalue weighted by atomic mass is 32.2. The first-order valence-corrected chi connectivity index (χ1v) is 26.3. The Morgan fingerprint density at radius 3 is 2.17 bits per heavy atom. The highest BCUT2D eigenvalue weighted by Gasteiger charge is 2.55. The van der Waals surface area contributed by atoms with Crippen molar-refractivity contribution in [2.24, 2.45) is 11.8 Å². The van der Waals surface area contributed by atoms with Gasteiger partial charge in [-0.05, 0) is 66.7 Å². The molecule has 0 bridgehead atoms. The van der Waals surface area contributed by atoms with Crippen molar-refractivity contribution in [2.75, 3.05) is 37.8 Å². The third kappa shape index (κ3) is 12.0. The van der Waals surface area contributed by atoms with Crippen LogP contribution >= 0.6 is 42.5 Å². The molecule has 3 aliphatic heterocycles. The number of thiophene rings is 1. The first kappa shape index (κ1) is 49.8. The molecule has 3 aromatic rings. The lowest BCUT2D eigenvalue weighted by Gasteiger charge is -2.36. The molecule has 0 spiro atoms. The maximum Gasteiger partial charge on any atom is 0.404 e. The van der Waals surface area contributed by atoms with E-state index >= 15 is 8.78 Å². The molecule has 3 amide bonds. The van der Waals surface area contributed by atoms with Crippen molar-refractivity contribution in [2.45, 2.75) is 115 Å². The predicted molar refractivity (Wildman–Crippen MR) is 249 cm³/mol. The fourth-order valence-corrected chi connectivity index (χ4v) is 13.0. The normalized spacial score (nSPS) is 21.8. The standard InChI is InChI=1S/C46H57F2N4O8PS3/c1-29(2)23-41(53)62-21-19-59-61(58,60-20-22-63-42(54)24-30(3)4)46(47,48)33-15-18-39-32(25-33)26-40(64-39)43(55)50-36-14-10-9-13-34-16-17-38(52(34)44(36)56)45(57)51-27-35(37(28-51)49-5)31-11-7-6-8-12-31/h6-8,11-12,15,18,25-26,29-30,34-38H,9-10,13-14,16-17,19-24,27-28H2,1-4H3,(H,50,55)/t34?,35-,36+,37+,38+/m1/s1. The molecule has 3 fully saturated rings.